The predicted molar refractivity (Wildman–Crippen MR) is 99.5 cm³/mol. The van der Waals surface area contributed by atoms with Crippen LogP contribution >= 0.6 is 0 Å². The van der Waals surface area contributed by atoms with Gasteiger partial charge in [0.15, 0.2) is 0 Å². The van der Waals surface area contributed by atoms with Crippen LogP contribution in [0.3, 0.4) is 0 Å². The van der Waals surface area contributed by atoms with Crippen molar-refractivity contribution >= 4 is 5.82 Å². The number of aryl methyl sites for hydroxylation is 2. The second-order valence-electron chi connectivity index (χ2n) is 6.04. The molecule has 3 heteroatoms. The summed E-state index contributed by atoms with van der Waals surface area (Å²) in [4.78, 5) is 12.4. The molecule has 0 radical (unpaired) electrons. The van der Waals surface area contributed by atoms with Crippen molar-refractivity contribution in [2.75, 3.05) is 5.32 Å². The summed E-state index contributed by atoms with van der Waals surface area (Å²) in [5.74, 6) is 0.842. The average molecular weight is 318 g/mol. The van der Waals surface area contributed by atoms with E-state index < -0.39 is 0 Å². The topological polar surface area (TPSA) is 34.0 Å². The summed E-state index contributed by atoms with van der Waals surface area (Å²) < 4.78 is 1.79. The molecule has 0 bridgehead atoms. The van der Waals surface area contributed by atoms with Crippen LogP contribution in [0.1, 0.15) is 22.3 Å². The Hall–Kier alpha value is -2.81. The van der Waals surface area contributed by atoms with Gasteiger partial charge in [-0.25, -0.2) is 0 Å². The minimum atomic E-state index is 0.00744. The Kier molecular flexibility index (Phi) is 4.80. The van der Waals surface area contributed by atoms with Crippen molar-refractivity contribution in [3.05, 3.63) is 99.3 Å². The van der Waals surface area contributed by atoms with Crippen molar-refractivity contribution in [3.63, 3.8) is 0 Å². The van der Waals surface area contributed by atoms with Crippen molar-refractivity contribution < 1.29 is 0 Å². The fourth-order valence-corrected chi connectivity index (χ4v) is 2.79. The monoisotopic (exact) mass is 318 g/mol. The number of hydrogen-bond acceptors (Lipinski definition) is 2. The number of nitrogens with one attached hydrogen (secondary N) is 1. The standard InChI is InChI=1S/C21H22N2O/c1-16-8-3-5-10-18(16)14-22-20-12-7-13-21(24)23(20)15-19-11-6-4-9-17(19)2/h3-13,22H,14-15H2,1-2H3. The summed E-state index contributed by atoms with van der Waals surface area (Å²) in [6, 6.07) is 21.8. The van der Waals surface area contributed by atoms with Gasteiger partial charge in [-0.05, 0) is 42.2 Å². The molecule has 3 aromatic rings. The Morgan fingerprint density at radius 1 is 0.792 bits per heavy atom. The van der Waals surface area contributed by atoms with Gasteiger partial charge in [-0.1, -0.05) is 54.6 Å². The van der Waals surface area contributed by atoms with E-state index in [0.29, 0.717) is 13.1 Å². The lowest BCUT2D eigenvalue weighted by Crippen LogP contribution is -2.23. The molecule has 0 amide bonds. The van der Waals surface area contributed by atoms with Gasteiger partial charge in [0.2, 0.25) is 0 Å². The van der Waals surface area contributed by atoms with Crippen LogP contribution in [0.2, 0.25) is 0 Å². The molecule has 3 rings (SSSR count). The minimum Gasteiger partial charge on any atom is -0.367 e. The van der Waals surface area contributed by atoms with Crippen molar-refractivity contribution in [2.45, 2.75) is 26.9 Å². The molecule has 0 unspecified atom stereocenters. The highest BCUT2D eigenvalue weighted by Gasteiger charge is 2.06. The summed E-state index contributed by atoms with van der Waals surface area (Å²) in [7, 11) is 0. The Balaban J connectivity index is 1.87. The average Bonchev–Trinajstić information content (AvgIpc) is 2.58. The van der Waals surface area contributed by atoms with E-state index in [1.54, 1.807) is 16.7 Å². The fourth-order valence-electron chi connectivity index (χ4n) is 2.79. The normalized spacial score (nSPS) is 10.6. The zero-order chi connectivity index (χ0) is 16.9. The molecule has 0 aliphatic carbocycles. The quantitative estimate of drug-likeness (QED) is 0.767. The lowest BCUT2D eigenvalue weighted by molar-refractivity contribution is 0.757. The van der Waals surface area contributed by atoms with Gasteiger partial charge in [0, 0.05) is 12.6 Å². The molecule has 0 aliphatic heterocycles. The zero-order valence-corrected chi connectivity index (χ0v) is 14.1. The van der Waals surface area contributed by atoms with E-state index in [4.69, 9.17) is 0 Å². The Morgan fingerprint density at radius 2 is 1.42 bits per heavy atom. The Morgan fingerprint density at radius 3 is 2.08 bits per heavy atom. The highest BCUT2D eigenvalue weighted by Crippen LogP contribution is 2.14. The summed E-state index contributed by atoms with van der Waals surface area (Å²) >= 11 is 0. The minimum absolute atomic E-state index is 0.00744. The summed E-state index contributed by atoms with van der Waals surface area (Å²) in [6.45, 7) is 5.44. The van der Waals surface area contributed by atoms with E-state index in [-0.39, 0.29) is 5.56 Å². The number of aromatic nitrogens is 1. The number of benzene rings is 2. The van der Waals surface area contributed by atoms with Gasteiger partial charge in [0.1, 0.15) is 5.82 Å². The van der Waals surface area contributed by atoms with Crippen LogP contribution < -0.4 is 10.9 Å². The maximum atomic E-state index is 12.4. The second kappa shape index (κ2) is 7.18. The smallest absolute Gasteiger partial charge is 0.252 e. The first kappa shape index (κ1) is 16.1. The Bertz CT molecular complexity index is 896. The molecular formula is C21H22N2O. The fraction of sp³-hybridized carbons (Fsp3) is 0.190. The van der Waals surface area contributed by atoms with E-state index in [1.807, 2.05) is 30.3 Å². The highest BCUT2D eigenvalue weighted by molar-refractivity contribution is 5.39. The number of hydrogen-bond donors (Lipinski definition) is 1. The van der Waals surface area contributed by atoms with E-state index in [0.717, 1.165) is 11.4 Å². The van der Waals surface area contributed by atoms with Gasteiger partial charge >= 0.3 is 0 Å². The third-order valence-electron chi connectivity index (χ3n) is 4.36. The first-order chi connectivity index (χ1) is 11.6. The molecule has 1 aromatic heterocycles. The van der Waals surface area contributed by atoms with Crippen LogP contribution in [0.4, 0.5) is 5.82 Å². The van der Waals surface area contributed by atoms with Gasteiger partial charge < -0.3 is 5.32 Å². The predicted octanol–water partition coefficient (Wildman–Crippen LogP) is 4.13. The molecule has 0 atom stereocenters. The van der Waals surface area contributed by atoms with Gasteiger partial charge in [-0.3, -0.25) is 9.36 Å². The zero-order valence-electron chi connectivity index (χ0n) is 14.1. The number of pyridine rings is 1. The first-order valence-electron chi connectivity index (χ1n) is 8.18. The van der Waals surface area contributed by atoms with Crippen LogP contribution in [-0.2, 0) is 13.1 Å². The second-order valence-corrected chi connectivity index (χ2v) is 6.04. The largest absolute Gasteiger partial charge is 0.367 e. The number of anilines is 1. The third kappa shape index (κ3) is 3.57. The maximum Gasteiger partial charge on any atom is 0.252 e. The SMILES string of the molecule is Cc1ccccc1CNc1cccc(=O)n1Cc1ccccc1C. The molecule has 0 spiro atoms. The van der Waals surface area contributed by atoms with E-state index in [1.165, 1.54) is 16.7 Å². The van der Waals surface area contributed by atoms with Gasteiger partial charge in [0.05, 0.1) is 6.54 Å². The lowest BCUT2D eigenvalue weighted by Gasteiger charge is -2.16. The first-order valence-corrected chi connectivity index (χ1v) is 8.18. The maximum absolute atomic E-state index is 12.4. The molecular weight excluding hydrogens is 296 g/mol. The van der Waals surface area contributed by atoms with E-state index >= 15 is 0 Å². The van der Waals surface area contributed by atoms with E-state index in [2.05, 4.69) is 43.4 Å². The molecule has 24 heavy (non-hydrogen) atoms. The van der Waals surface area contributed by atoms with Crippen LogP contribution in [0.15, 0.2) is 71.5 Å². The molecule has 1 heterocycles. The van der Waals surface area contributed by atoms with Crippen molar-refractivity contribution in [3.8, 4) is 0 Å². The number of nitrogens with zero attached hydrogens (tertiary/aromatic N) is 1. The van der Waals surface area contributed by atoms with Crippen molar-refractivity contribution in [2.24, 2.45) is 0 Å². The summed E-state index contributed by atoms with van der Waals surface area (Å²) in [5, 5.41) is 3.41. The molecule has 0 saturated heterocycles. The van der Waals surface area contributed by atoms with Gasteiger partial charge in [-0.2, -0.15) is 0 Å². The molecule has 0 saturated carbocycles. The summed E-state index contributed by atoms with van der Waals surface area (Å²) in [5.41, 5.74) is 4.83. The molecule has 2 aromatic carbocycles. The molecule has 1 N–H and O–H groups in total. The van der Waals surface area contributed by atoms with Crippen molar-refractivity contribution in [1.29, 1.82) is 0 Å². The summed E-state index contributed by atoms with van der Waals surface area (Å²) in [6.07, 6.45) is 0. The molecule has 122 valence electrons. The lowest BCUT2D eigenvalue weighted by atomic mass is 10.1. The van der Waals surface area contributed by atoms with Crippen LogP contribution in [0.25, 0.3) is 0 Å². The van der Waals surface area contributed by atoms with Crippen LogP contribution in [-0.4, -0.2) is 4.57 Å². The van der Waals surface area contributed by atoms with Crippen LogP contribution in [0, 0.1) is 13.8 Å². The van der Waals surface area contributed by atoms with Gasteiger partial charge in [0.25, 0.3) is 5.56 Å². The molecule has 0 fully saturated rings. The molecule has 0 aliphatic rings. The van der Waals surface area contributed by atoms with Crippen LogP contribution in [0.5, 0.6) is 0 Å². The van der Waals surface area contributed by atoms with E-state index in [9.17, 15) is 4.79 Å². The van der Waals surface area contributed by atoms with Crippen molar-refractivity contribution in [1.82, 2.24) is 4.57 Å². The molecule has 3 nitrogen and oxygen atoms in total. The highest BCUT2D eigenvalue weighted by atomic mass is 16.1. The van der Waals surface area contributed by atoms with Gasteiger partial charge in [-0.15, -0.1) is 0 Å². The third-order valence-corrected chi connectivity index (χ3v) is 4.36. The number of rotatable bonds is 5. The Labute approximate surface area is 142 Å².